The Labute approximate surface area is 210 Å². The fraction of sp³-hybridized carbons (Fsp3) is 0.269. The van der Waals surface area contributed by atoms with E-state index in [1.807, 2.05) is 31.2 Å². The van der Waals surface area contributed by atoms with Crippen molar-refractivity contribution in [3.05, 3.63) is 96.0 Å². The van der Waals surface area contributed by atoms with E-state index < -0.39 is 5.69 Å². The van der Waals surface area contributed by atoms with Gasteiger partial charge in [0.05, 0.1) is 30.8 Å². The van der Waals surface area contributed by atoms with Crippen LogP contribution < -0.4 is 11.2 Å². The first kappa shape index (κ1) is 23.4. The van der Waals surface area contributed by atoms with Gasteiger partial charge in [0, 0.05) is 16.4 Å². The van der Waals surface area contributed by atoms with Crippen LogP contribution in [0.25, 0.3) is 15.9 Å². The minimum atomic E-state index is -0.408. The molecule has 35 heavy (non-hydrogen) atoms. The Kier molecular flexibility index (Phi) is 6.25. The fourth-order valence-corrected chi connectivity index (χ4v) is 5.96. The molecule has 0 N–H and O–H groups in total. The number of amides is 1. The number of hydrogen-bond donors (Lipinski definition) is 0. The van der Waals surface area contributed by atoms with Crippen LogP contribution in [0.4, 0.5) is 4.79 Å². The van der Waals surface area contributed by atoms with Crippen LogP contribution in [-0.4, -0.2) is 33.3 Å². The van der Waals surface area contributed by atoms with Gasteiger partial charge in [-0.2, -0.15) is 0 Å². The van der Waals surface area contributed by atoms with E-state index >= 15 is 0 Å². The zero-order chi connectivity index (χ0) is 24.7. The number of nitrogens with zero attached hydrogens (tertiary/aromatic N) is 3. The zero-order valence-electron chi connectivity index (χ0n) is 19.4. The molecule has 7 nitrogen and oxygen atoms in total. The average Bonchev–Trinajstić information content (AvgIpc) is 3.23. The second kappa shape index (κ2) is 9.36. The Morgan fingerprint density at radius 1 is 1.11 bits per heavy atom. The second-order valence-corrected chi connectivity index (χ2v) is 9.99. The largest absolute Gasteiger partial charge is 0.450 e. The molecule has 0 atom stereocenters. The first-order valence-electron chi connectivity index (χ1n) is 11.4. The second-order valence-electron chi connectivity index (χ2n) is 8.47. The number of aryl methyl sites for hydroxylation is 1. The topological polar surface area (TPSA) is 73.5 Å². The van der Waals surface area contributed by atoms with Gasteiger partial charge in [0.15, 0.2) is 0 Å². The van der Waals surface area contributed by atoms with Crippen molar-refractivity contribution in [3.8, 4) is 5.69 Å². The van der Waals surface area contributed by atoms with Crippen molar-refractivity contribution in [2.45, 2.75) is 33.4 Å². The van der Waals surface area contributed by atoms with Crippen molar-refractivity contribution in [1.29, 1.82) is 0 Å². The summed E-state index contributed by atoms with van der Waals surface area (Å²) in [6.07, 6.45) is 0.151. The van der Waals surface area contributed by atoms with Gasteiger partial charge in [0.25, 0.3) is 5.56 Å². The highest BCUT2D eigenvalue weighted by atomic mass is 35.5. The lowest BCUT2D eigenvalue weighted by Crippen LogP contribution is -2.39. The van der Waals surface area contributed by atoms with Crippen LogP contribution in [0.3, 0.4) is 0 Å². The van der Waals surface area contributed by atoms with Gasteiger partial charge < -0.3 is 9.64 Å². The minimum Gasteiger partial charge on any atom is -0.450 e. The van der Waals surface area contributed by atoms with Gasteiger partial charge in [0.1, 0.15) is 4.83 Å². The Morgan fingerprint density at radius 2 is 1.86 bits per heavy atom. The van der Waals surface area contributed by atoms with Crippen LogP contribution in [-0.2, 0) is 24.2 Å². The van der Waals surface area contributed by atoms with E-state index in [2.05, 4.69) is 0 Å². The summed E-state index contributed by atoms with van der Waals surface area (Å²) in [4.78, 5) is 43.1. The first-order chi connectivity index (χ1) is 16.9. The molecule has 3 heterocycles. The van der Waals surface area contributed by atoms with Crippen LogP contribution in [0.2, 0.25) is 5.02 Å². The van der Waals surface area contributed by atoms with E-state index in [0.717, 1.165) is 21.6 Å². The number of hydrogen-bond acceptors (Lipinski definition) is 5. The third kappa shape index (κ3) is 4.17. The smallest absolute Gasteiger partial charge is 0.410 e. The van der Waals surface area contributed by atoms with Crippen molar-refractivity contribution in [3.63, 3.8) is 0 Å². The Morgan fingerprint density at radius 3 is 2.57 bits per heavy atom. The first-order valence-corrected chi connectivity index (χ1v) is 12.6. The molecule has 1 aliphatic rings. The number of halogens is 1. The van der Waals surface area contributed by atoms with Gasteiger partial charge in [-0.3, -0.25) is 9.36 Å². The summed E-state index contributed by atoms with van der Waals surface area (Å²) in [5.41, 5.74) is 2.67. The van der Waals surface area contributed by atoms with Crippen LogP contribution >= 0.6 is 22.9 Å². The number of benzene rings is 2. The van der Waals surface area contributed by atoms with Crippen molar-refractivity contribution in [2.75, 3.05) is 13.2 Å². The van der Waals surface area contributed by atoms with Gasteiger partial charge in [-0.1, -0.05) is 35.9 Å². The minimum absolute atomic E-state index is 0.302. The normalized spacial score (nSPS) is 13.2. The Hall–Kier alpha value is -3.36. The molecule has 2 aromatic heterocycles. The SMILES string of the molecule is CCOC(=O)N1CCc2c(sc3c2c(=O)n(-c2ccc(Cl)cc2)c(=O)n3Cc2ccccc2C)C1. The standard InChI is InChI=1S/C26H24ClN3O4S/c1-3-34-26(33)28-13-12-20-21(15-28)35-24-22(20)23(31)30(19-10-8-18(27)9-11-19)25(32)29(24)14-17-7-5-4-6-16(17)2/h4-11H,3,12-15H2,1-2H3. The molecule has 0 saturated heterocycles. The summed E-state index contributed by atoms with van der Waals surface area (Å²) < 4.78 is 8.07. The molecule has 0 saturated carbocycles. The predicted molar refractivity (Wildman–Crippen MR) is 138 cm³/mol. The number of ether oxygens (including phenoxy) is 1. The van der Waals surface area contributed by atoms with Gasteiger partial charge in [-0.05, 0) is 61.2 Å². The molecule has 0 bridgehead atoms. The van der Waals surface area contributed by atoms with Gasteiger partial charge in [0.2, 0.25) is 0 Å². The van der Waals surface area contributed by atoms with Crippen LogP contribution in [0.15, 0.2) is 58.1 Å². The number of rotatable bonds is 4. The van der Waals surface area contributed by atoms with E-state index in [1.165, 1.54) is 15.9 Å². The Balaban J connectivity index is 1.74. The van der Waals surface area contributed by atoms with E-state index in [4.69, 9.17) is 16.3 Å². The van der Waals surface area contributed by atoms with Crippen molar-refractivity contribution >= 4 is 39.2 Å². The number of aromatic nitrogens is 2. The summed E-state index contributed by atoms with van der Waals surface area (Å²) in [6, 6.07) is 14.6. The van der Waals surface area contributed by atoms with E-state index in [1.54, 1.807) is 40.7 Å². The lowest BCUT2D eigenvalue weighted by Gasteiger charge is -2.25. The predicted octanol–water partition coefficient (Wildman–Crippen LogP) is 4.74. The van der Waals surface area contributed by atoms with E-state index in [-0.39, 0.29) is 11.7 Å². The summed E-state index contributed by atoms with van der Waals surface area (Å²) in [5.74, 6) is 0. The summed E-state index contributed by atoms with van der Waals surface area (Å²) in [7, 11) is 0. The lowest BCUT2D eigenvalue weighted by atomic mass is 10.1. The summed E-state index contributed by atoms with van der Waals surface area (Å²) in [5, 5.41) is 1.06. The van der Waals surface area contributed by atoms with Gasteiger partial charge in [-0.25, -0.2) is 14.2 Å². The molecular weight excluding hydrogens is 486 g/mol. The monoisotopic (exact) mass is 509 g/mol. The molecule has 2 aromatic carbocycles. The maximum atomic E-state index is 13.8. The third-order valence-electron chi connectivity index (χ3n) is 6.32. The molecular formula is C26H24ClN3O4S. The van der Waals surface area contributed by atoms with E-state index in [0.29, 0.717) is 53.6 Å². The van der Waals surface area contributed by atoms with Gasteiger partial charge in [-0.15, -0.1) is 11.3 Å². The average molecular weight is 510 g/mol. The molecule has 5 rings (SSSR count). The number of carbonyl (C=O) groups excluding carboxylic acids is 1. The van der Waals surface area contributed by atoms with Crippen LogP contribution in [0.5, 0.6) is 0 Å². The van der Waals surface area contributed by atoms with Gasteiger partial charge >= 0.3 is 11.8 Å². The summed E-state index contributed by atoms with van der Waals surface area (Å²) >= 11 is 7.46. The molecule has 9 heteroatoms. The molecule has 0 fully saturated rings. The molecule has 1 amide bonds. The zero-order valence-corrected chi connectivity index (χ0v) is 21.0. The number of fused-ring (bicyclic) bond motifs is 3. The highest BCUT2D eigenvalue weighted by Crippen LogP contribution is 2.34. The van der Waals surface area contributed by atoms with Crippen molar-refractivity contribution in [2.24, 2.45) is 0 Å². The third-order valence-corrected chi connectivity index (χ3v) is 7.81. The maximum Gasteiger partial charge on any atom is 0.410 e. The summed E-state index contributed by atoms with van der Waals surface area (Å²) in [6.45, 7) is 5.22. The van der Waals surface area contributed by atoms with E-state index in [9.17, 15) is 14.4 Å². The van der Waals surface area contributed by atoms with Crippen molar-refractivity contribution in [1.82, 2.24) is 14.0 Å². The molecule has 0 radical (unpaired) electrons. The maximum absolute atomic E-state index is 13.8. The highest BCUT2D eigenvalue weighted by Gasteiger charge is 2.29. The van der Waals surface area contributed by atoms with Crippen LogP contribution in [0.1, 0.15) is 28.5 Å². The molecule has 0 aliphatic carbocycles. The lowest BCUT2D eigenvalue weighted by molar-refractivity contribution is 0.103. The molecule has 0 unspecified atom stereocenters. The number of thiophene rings is 1. The molecule has 4 aromatic rings. The highest BCUT2D eigenvalue weighted by molar-refractivity contribution is 7.18. The van der Waals surface area contributed by atoms with Crippen LogP contribution in [0, 0.1) is 6.92 Å². The fourth-order valence-electron chi connectivity index (χ4n) is 4.49. The molecule has 180 valence electrons. The Bertz CT molecular complexity index is 1550. The van der Waals surface area contributed by atoms with Crippen molar-refractivity contribution < 1.29 is 9.53 Å². The number of carbonyl (C=O) groups is 1. The quantitative estimate of drug-likeness (QED) is 0.398. The molecule has 1 aliphatic heterocycles. The molecule has 0 spiro atoms.